The van der Waals surface area contributed by atoms with Crippen LogP contribution in [0.25, 0.3) is 11.3 Å². The highest BCUT2D eigenvalue weighted by atomic mass is 16.3. The van der Waals surface area contributed by atoms with E-state index >= 15 is 0 Å². The van der Waals surface area contributed by atoms with Gasteiger partial charge in [0.05, 0.1) is 5.69 Å². The number of aromatic nitrogens is 2. The molecule has 1 aromatic carbocycles. The highest BCUT2D eigenvalue weighted by Crippen LogP contribution is 2.20. The summed E-state index contributed by atoms with van der Waals surface area (Å²) in [6.45, 7) is 4.76. The van der Waals surface area contributed by atoms with E-state index in [-0.39, 0.29) is 17.9 Å². The van der Waals surface area contributed by atoms with Crippen molar-refractivity contribution in [3.63, 3.8) is 0 Å². The largest absolute Gasteiger partial charge is 0.396 e. The van der Waals surface area contributed by atoms with Crippen LogP contribution >= 0.6 is 0 Å². The molecule has 0 saturated carbocycles. The minimum absolute atomic E-state index is 0.0980. The summed E-state index contributed by atoms with van der Waals surface area (Å²) in [6.07, 6.45) is 1.70. The first-order valence-electron chi connectivity index (χ1n) is 7.52. The number of nitrogens with zero attached hydrogens (tertiary/aromatic N) is 1. The minimum Gasteiger partial charge on any atom is -0.396 e. The summed E-state index contributed by atoms with van der Waals surface area (Å²) in [5.41, 5.74) is 2.09. The fraction of sp³-hybridized carbons (Fsp3) is 0.412. The number of benzene rings is 1. The van der Waals surface area contributed by atoms with Crippen LogP contribution in [0.1, 0.15) is 37.2 Å². The highest BCUT2D eigenvalue weighted by molar-refractivity contribution is 5.93. The van der Waals surface area contributed by atoms with Gasteiger partial charge in [0.25, 0.3) is 5.91 Å². The first-order chi connectivity index (χ1) is 10.5. The summed E-state index contributed by atoms with van der Waals surface area (Å²) in [5, 5.41) is 19.0. The summed E-state index contributed by atoms with van der Waals surface area (Å²) in [7, 11) is 0. The third kappa shape index (κ3) is 4.43. The van der Waals surface area contributed by atoms with E-state index in [1.54, 1.807) is 6.07 Å². The first kappa shape index (κ1) is 16.2. The molecule has 0 radical (unpaired) electrons. The van der Waals surface area contributed by atoms with E-state index in [0.717, 1.165) is 24.1 Å². The van der Waals surface area contributed by atoms with Crippen molar-refractivity contribution >= 4 is 5.91 Å². The van der Waals surface area contributed by atoms with E-state index in [1.165, 1.54) is 0 Å². The molecule has 1 aromatic heterocycles. The van der Waals surface area contributed by atoms with Gasteiger partial charge in [0.2, 0.25) is 0 Å². The van der Waals surface area contributed by atoms with Crippen LogP contribution in [0.5, 0.6) is 0 Å². The van der Waals surface area contributed by atoms with Gasteiger partial charge in [-0.15, -0.1) is 0 Å². The molecule has 118 valence electrons. The molecular formula is C17H23N3O2. The Morgan fingerprint density at radius 3 is 2.73 bits per heavy atom. The molecule has 2 rings (SSSR count). The van der Waals surface area contributed by atoms with Gasteiger partial charge in [0.1, 0.15) is 5.69 Å². The van der Waals surface area contributed by atoms with Gasteiger partial charge in [-0.05, 0) is 24.3 Å². The molecular weight excluding hydrogens is 278 g/mol. The Kier molecular flexibility index (Phi) is 5.33. The Labute approximate surface area is 130 Å². The maximum absolute atomic E-state index is 12.1. The molecule has 2 aromatic rings. The van der Waals surface area contributed by atoms with E-state index in [2.05, 4.69) is 15.5 Å². The van der Waals surface area contributed by atoms with Crippen LogP contribution in [0, 0.1) is 5.41 Å². The van der Waals surface area contributed by atoms with E-state index in [9.17, 15) is 9.90 Å². The Morgan fingerprint density at radius 1 is 1.32 bits per heavy atom. The maximum Gasteiger partial charge on any atom is 0.269 e. The van der Waals surface area contributed by atoms with E-state index in [0.29, 0.717) is 12.2 Å². The molecule has 0 fully saturated rings. The zero-order chi connectivity index (χ0) is 16.0. The maximum atomic E-state index is 12.1. The molecule has 3 N–H and O–H groups in total. The minimum atomic E-state index is -0.156. The predicted molar refractivity (Wildman–Crippen MR) is 86.5 cm³/mol. The molecule has 5 heteroatoms. The molecule has 1 heterocycles. The van der Waals surface area contributed by atoms with Crippen molar-refractivity contribution in [1.82, 2.24) is 15.5 Å². The molecule has 0 aliphatic rings. The van der Waals surface area contributed by atoms with Crippen molar-refractivity contribution in [2.24, 2.45) is 5.41 Å². The summed E-state index contributed by atoms with van der Waals surface area (Å²) in [6, 6.07) is 11.5. The number of aromatic amines is 1. The average molecular weight is 301 g/mol. The topological polar surface area (TPSA) is 78.0 Å². The summed E-state index contributed by atoms with van der Waals surface area (Å²) < 4.78 is 0. The van der Waals surface area contributed by atoms with Gasteiger partial charge in [-0.1, -0.05) is 44.2 Å². The lowest BCUT2D eigenvalue weighted by Gasteiger charge is -2.21. The Bertz CT molecular complexity index is 605. The van der Waals surface area contributed by atoms with Crippen LogP contribution in [0.4, 0.5) is 0 Å². The van der Waals surface area contributed by atoms with Crippen LogP contribution < -0.4 is 5.32 Å². The van der Waals surface area contributed by atoms with Gasteiger partial charge in [-0.25, -0.2) is 0 Å². The Hall–Kier alpha value is -2.14. The number of nitrogens with one attached hydrogen (secondary N) is 2. The van der Waals surface area contributed by atoms with E-state index in [4.69, 9.17) is 0 Å². The average Bonchev–Trinajstić information content (AvgIpc) is 3.02. The summed E-state index contributed by atoms with van der Waals surface area (Å²) >= 11 is 0. The SMILES string of the molecule is CC(C)(CO)CCCNC(=O)c1cc(-c2ccccc2)n[nH]1. The lowest BCUT2D eigenvalue weighted by molar-refractivity contribution is 0.0943. The number of amides is 1. The second kappa shape index (κ2) is 7.22. The van der Waals surface area contributed by atoms with Crippen molar-refractivity contribution in [3.05, 3.63) is 42.1 Å². The van der Waals surface area contributed by atoms with Crippen LogP contribution in [0.2, 0.25) is 0 Å². The van der Waals surface area contributed by atoms with Gasteiger partial charge < -0.3 is 10.4 Å². The molecule has 22 heavy (non-hydrogen) atoms. The molecule has 0 aliphatic carbocycles. The third-order valence-electron chi connectivity index (χ3n) is 3.64. The molecule has 5 nitrogen and oxygen atoms in total. The third-order valence-corrected chi connectivity index (χ3v) is 3.64. The molecule has 0 aliphatic heterocycles. The molecule has 0 saturated heterocycles. The molecule has 0 spiro atoms. The number of hydrogen-bond donors (Lipinski definition) is 3. The standard InChI is InChI=1S/C17H23N3O2/c1-17(2,12-21)9-6-10-18-16(22)15-11-14(19-20-15)13-7-4-3-5-8-13/h3-5,7-8,11,21H,6,9-10,12H2,1-2H3,(H,18,22)(H,19,20). The first-order valence-corrected chi connectivity index (χ1v) is 7.52. The Balaban J connectivity index is 1.85. The van der Waals surface area contributed by atoms with Crippen molar-refractivity contribution in [2.75, 3.05) is 13.2 Å². The van der Waals surface area contributed by atoms with Crippen molar-refractivity contribution in [3.8, 4) is 11.3 Å². The number of carbonyl (C=O) groups excluding carboxylic acids is 1. The number of carbonyl (C=O) groups is 1. The lowest BCUT2D eigenvalue weighted by atomic mass is 9.89. The van der Waals surface area contributed by atoms with Gasteiger partial charge in [0.15, 0.2) is 0 Å². The van der Waals surface area contributed by atoms with Crippen molar-refractivity contribution in [1.29, 1.82) is 0 Å². The second-order valence-electron chi connectivity index (χ2n) is 6.21. The normalized spacial score (nSPS) is 11.4. The van der Waals surface area contributed by atoms with Crippen molar-refractivity contribution < 1.29 is 9.90 Å². The fourth-order valence-electron chi connectivity index (χ4n) is 2.14. The molecule has 0 bridgehead atoms. The number of H-pyrrole nitrogens is 1. The number of hydrogen-bond acceptors (Lipinski definition) is 3. The van der Waals surface area contributed by atoms with Gasteiger partial charge >= 0.3 is 0 Å². The smallest absolute Gasteiger partial charge is 0.269 e. The zero-order valence-electron chi connectivity index (χ0n) is 13.1. The van der Waals surface area contributed by atoms with Gasteiger partial charge in [0, 0.05) is 18.7 Å². The monoisotopic (exact) mass is 301 g/mol. The highest BCUT2D eigenvalue weighted by Gasteiger charge is 2.16. The van der Waals surface area contributed by atoms with E-state index < -0.39 is 0 Å². The van der Waals surface area contributed by atoms with Crippen molar-refractivity contribution in [2.45, 2.75) is 26.7 Å². The van der Waals surface area contributed by atoms with Crippen LogP contribution in [0.3, 0.4) is 0 Å². The number of aliphatic hydroxyl groups is 1. The van der Waals surface area contributed by atoms with Crippen LogP contribution in [0.15, 0.2) is 36.4 Å². The Morgan fingerprint density at radius 2 is 2.05 bits per heavy atom. The molecule has 0 atom stereocenters. The van der Waals surface area contributed by atoms with Crippen LogP contribution in [-0.2, 0) is 0 Å². The summed E-state index contributed by atoms with van der Waals surface area (Å²) in [5.74, 6) is -0.156. The number of aliphatic hydroxyl groups excluding tert-OH is 1. The zero-order valence-corrected chi connectivity index (χ0v) is 13.1. The molecule has 0 unspecified atom stereocenters. The lowest BCUT2D eigenvalue weighted by Crippen LogP contribution is -2.26. The second-order valence-corrected chi connectivity index (χ2v) is 6.21. The summed E-state index contributed by atoms with van der Waals surface area (Å²) in [4.78, 5) is 12.1. The predicted octanol–water partition coefficient (Wildman–Crippen LogP) is 2.61. The van der Waals surface area contributed by atoms with Gasteiger partial charge in [-0.3, -0.25) is 9.89 Å². The number of rotatable bonds is 7. The molecule has 1 amide bonds. The fourth-order valence-corrected chi connectivity index (χ4v) is 2.14. The quantitative estimate of drug-likeness (QED) is 0.688. The van der Waals surface area contributed by atoms with Crippen LogP contribution in [-0.4, -0.2) is 34.4 Å². The van der Waals surface area contributed by atoms with Gasteiger partial charge in [-0.2, -0.15) is 5.10 Å². The van der Waals surface area contributed by atoms with E-state index in [1.807, 2.05) is 44.2 Å².